The smallest absolute Gasteiger partial charge is 0.461 e. The predicted molar refractivity (Wildman–Crippen MR) is 108 cm³/mol. The SMILES string of the molecule is CO/N=C(\C(=O)N[C@@H]1C(=O)N2C(OC(=O)O)=C(COC(C)=O)CS[C@@H]12)c1cc(N)sn1. The standard InChI is InChI=1S/C16H17N5O8S2/c1-6(22)28-4-7-5-30-15-11(13(24)21(15)14(7)29-16(25)26)18-12(23)10(19-27-2)8-3-9(17)31-20-8/h3,11,15H,4-5,17H2,1-2H3,(H,18,23)(H,25,26)/b19-10-/t11-,15+/m1/s1. The second kappa shape index (κ2) is 9.22. The molecule has 0 aromatic carbocycles. The number of ether oxygens (including phenoxy) is 2. The van der Waals surface area contributed by atoms with Gasteiger partial charge in [0.2, 0.25) is 5.88 Å². The molecule has 0 saturated carbocycles. The molecule has 166 valence electrons. The molecule has 31 heavy (non-hydrogen) atoms. The Morgan fingerprint density at radius 3 is 2.77 bits per heavy atom. The maximum absolute atomic E-state index is 12.7. The van der Waals surface area contributed by atoms with Crippen LogP contribution in [0, 0.1) is 0 Å². The average molecular weight is 471 g/mol. The third-order valence-corrected chi connectivity index (χ3v) is 6.04. The quantitative estimate of drug-likeness (QED) is 0.210. The number of carbonyl (C=O) groups is 4. The summed E-state index contributed by atoms with van der Waals surface area (Å²) in [7, 11) is 1.25. The number of rotatable bonds is 7. The molecular weight excluding hydrogens is 454 g/mol. The molecule has 2 atom stereocenters. The molecule has 2 amide bonds. The molecular formula is C16H17N5O8S2. The maximum Gasteiger partial charge on any atom is 0.512 e. The van der Waals surface area contributed by atoms with E-state index in [-0.39, 0.29) is 29.6 Å². The van der Waals surface area contributed by atoms with Gasteiger partial charge in [0.15, 0.2) is 5.71 Å². The lowest BCUT2D eigenvalue weighted by Crippen LogP contribution is -2.70. The first-order valence-electron chi connectivity index (χ1n) is 8.58. The van der Waals surface area contributed by atoms with E-state index in [1.54, 1.807) is 0 Å². The summed E-state index contributed by atoms with van der Waals surface area (Å²) in [5.74, 6) is -1.90. The van der Waals surface area contributed by atoms with Crippen molar-refractivity contribution in [2.24, 2.45) is 5.16 Å². The van der Waals surface area contributed by atoms with Gasteiger partial charge in [-0.25, -0.2) is 4.79 Å². The minimum Gasteiger partial charge on any atom is -0.461 e. The van der Waals surface area contributed by atoms with E-state index in [0.29, 0.717) is 10.6 Å². The minimum atomic E-state index is -1.63. The lowest BCUT2D eigenvalue weighted by molar-refractivity contribution is -0.148. The lowest BCUT2D eigenvalue weighted by atomic mass is 10.1. The van der Waals surface area contributed by atoms with Crippen molar-refractivity contribution >= 4 is 57.9 Å². The predicted octanol–water partition coefficient (Wildman–Crippen LogP) is -0.0550. The number of hydrogen-bond donors (Lipinski definition) is 3. The van der Waals surface area contributed by atoms with E-state index in [1.807, 2.05) is 0 Å². The number of anilines is 1. The number of nitrogens with zero attached hydrogens (tertiary/aromatic N) is 3. The maximum atomic E-state index is 12.7. The van der Waals surface area contributed by atoms with Gasteiger partial charge in [0, 0.05) is 24.3 Å². The summed E-state index contributed by atoms with van der Waals surface area (Å²) >= 11 is 2.21. The van der Waals surface area contributed by atoms with E-state index in [2.05, 4.69) is 14.8 Å². The number of thioether (sulfide) groups is 1. The summed E-state index contributed by atoms with van der Waals surface area (Å²) in [6.07, 6.45) is -1.63. The lowest BCUT2D eigenvalue weighted by Gasteiger charge is -2.49. The summed E-state index contributed by atoms with van der Waals surface area (Å²) in [6.45, 7) is 0.973. The van der Waals surface area contributed by atoms with Crippen LogP contribution >= 0.6 is 23.3 Å². The average Bonchev–Trinajstić information content (AvgIpc) is 3.13. The van der Waals surface area contributed by atoms with Gasteiger partial charge in [-0.15, -0.1) is 11.8 Å². The van der Waals surface area contributed by atoms with Crippen molar-refractivity contribution in [2.45, 2.75) is 18.3 Å². The van der Waals surface area contributed by atoms with Crippen LogP contribution in [0.2, 0.25) is 0 Å². The summed E-state index contributed by atoms with van der Waals surface area (Å²) < 4.78 is 13.7. The molecule has 0 unspecified atom stereocenters. The number of esters is 1. The van der Waals surface area contributed by atoms with E-state index >= 15 is 0 Å². The van der Waals surface area contributed by atoms with Gasteiger partial charge in [-0.2, -0.15) is 4.37 Å². The molecule has 0 aliphatic carbocycles. The van der Waals surface area contributed by atoms with Crippen LogP contribution in [0.4, 0.5) is 9.80 Å². The fraction of sp³-hybridized carbons (Fsp3) is 0.375. The number of amides is 2. The van der Waals surface area contributed by atoms with Gasteiger partial charge in [-0.05, 0) is 11.5 Å². The highest BCUT2D eigenvalue weighted by molar-refractivity contribution is 8.00. The molecule has 2 aliphatic heterocycles. The van der Waals surface area contributed by atoms with Crippen LogP contribution in [-0.2, 0) is 28.7 Å². The van der Waals surface area contributed by atoms with Crippen LogP contribution in [0.3, 0.4) is 0 Å². The van der Waals surface area contributed by atoms with E-state index in [0.717, 1.165) is 16.4 Å². The molecule has 1 aromatic heterocycles. The molecule has 2 aliphatic rings. The number of nitrogens with one attached hydrogen (secondary N) is 1. The topological polar surface area (TPSA) is 183 Å². The van der Waals surface area contributed by atoms with Gasteiger partial charge < -0.3 is 30.5 Å². The summed E-state index contributed by atoms with van der Waals surface area (Å²) in [5.41, 5.74) is 5.96. The van der Waals surface area contributed by atoms with E-state index < -0.39 is 35.4 Å². The number of nitrogen functional groups attached to an aromatic ring is 1. The zero-order chi connectivity index (χ0) is 22.7. The van der Waals surface area contributed by atoms with Gasteiger partial charge >= 0.3 is 12.1 Å². The molecule has 13 nitrogen and oxygen atoms in total. The molecule has 15 heteroatoms. The highest BCUT2D eigenvalue weighted by Gasteiger charge is 2.54. The van der Waals surface area contributed by atoms with Crippen LogP contribution in [0.25, 0.3) is 0 Å². The number of β-lactam (4-membered cyclic amide) rings is 1. The van der Waals surface area contributed by atoms with Crippen molar-refractivity contribution in [3.8, 4) is 0 Å². The highest BCUT2D eigenvalue weighted by atomic mass is 32.2. The third kappa shape index (κ3) is 4.72. The zero-order valence-corrected chi connectivity index (χ0v) is 17.8. The Hall–Kier alpha value is -3.33. The van der Waals surface area contributed by atoms with Gasteiger partial charge in [-0.1, -0.05) is 5.16 Å². The number of fused-ring (bicyclic) bond motifs is 1. The van der Waals surface area contributed by atoms with Crippen LogP contribution in [0.15, 0.2) is 22.7 Å². The highest BCUT2D eigenvalue weighted by Crippen LogP contribution is 2.40. The van der Waals surface area contributed by atoms with Crippen molar-refractivity contribution in [3.63, 3.8) is 0 Å². The largest absolute Gasteiger partial charge is 0.512 e. The Labute approximate surface area is 183 Å². The van der Waals surface area contributed by atoms with Gasteiger partial charge in [0.1, 0.15) is 35.8 Å². The Balaban J connectivity index is 1.77. The Morgan fingerprint density at radius 1 is 1.45 bits per heavy atom. The zero-order valence-electron chi connectivity index (χ0n) is 16.2. The molecule has 1 saturated heterocycles. The molecule has 3 heterocycles. The van der Waals surface area contributed by atoms with Crippen molar-refractivity contribution in [1.82, 2.24) is 14.6 Å². The monoisotopic (exact) mass is 471 g/mol. The van der Waals surface area contributed by atoms with E-state index in [4.69, 9.17) is 25.2 Å². The summed E-state index contributed by atoms with van der Waals surface area (Å²) in [4.78, 5) is 53.4. The number of nitrogens with two attached hydrogens (primary N) is 1. The minimum absolute atomic E-state index is 0.171. The Bertz CT molecular complexity index is 990. The Morgan fingerprint density at radius 2 is 2.19 bits per heavy atom. The van der Waals surface area contributed by atoms with Crippen LogP contribution in [0.5, 0.6) is 0 Å². The molecule has 0 radical (unpaired) electrons. The van der Waals surface area contributed by atoms with Crippen LogP contribution in [0.1, 0.15) is 12.6 Å². The number of carbonyl (C=O) groups excluding carboxylic acids is 3. The fourth-order valence-electron chi connectivity index (χ4n) is 2.80. The molecule has 3 rings (SSSR count). The first-order valence-corrected chi connectivity index (χ1v) is 10.4. The molecule has 4 N–H and O–H groups in total. The fourth-order valence-corrected chi connectivity index (χ4v) is 4.62. The first-order chi connectivity index (χ1) is 14.7. The van der Waals surface area contributed by atoms with Crippen LogP contribution < -0.4 is 11.1 Å². The van der Waals surface area contributed by atoms with Crippen LogP contribution in [-0.4, -0.2) is 74.9 Å². The molecule has 1 fully saturated rings. The molecule has 1 aromatic rings. The molecule has 0 bridgehead atoms. The second-order valence-corrected chi connectivity index (χ2v) is 8.10. The van der Waals surface area contributed by atoms with Crippen molar-refractivity contribution in [3.05, 3.63) is 23.2 Å². The van der Waals surface area contributed by atoms with Gasteiger partial charge in [-0.3, -0.25) is 19.3 Å². The van der Waals surface area contributed by atoms with Gasteiger partial charge in [0.25, 0.3) is 11.8 Å². The van der Waals surface area contributed by atoms with Crippen molar-refractivity contribution < 1.29 is 38.6 Å². The third-order valence-electron chi connectivity index (χ3n) is 4.08. The van der Waals surface area contributed by atoms with E-state index in [1.165, 1.54) is 31.9 Å². The number of aromatic nitrogens is 1. The summed E-state index contributed by atoms with van der Waals surface area (Å²) in [5, 5.41) is 15.0. The summed E-state index contributed by atoms with van der Waals surface area (Å²) in [6, 6.07) is 0.466. The van der Waals surface area contributed by atoms with E-state index in [9.17, 15) is 19.2 Å². The number of hydrogen-bond acceptors (Lipinski definition) is 12. The molecule has 0 spiro atoms. The number of oxime groups is 1. The second-order valence-electron chi connectivity index (χ2n) is 6.15. The normalized spacial score (nSPS) is 20.5. The number of carboxylic acid groups (broad SMARTS) is 1. The van der Waals surface area contributed by atoms with Gasteiger partial charge in [0.05, 0.1) is 0 Å². The first kappa shape index (κ1) is 22.4. The van der Waals surface area contributed by atoms with Crippen molar-refractivity contribution in [1.29, 1.82) is 0 Å². The Kier molecular flexibility index (Phi) is 6.65. The van der Waals surface area contributed by atoms with Crippen molar-refractivity contribution in [2.75, 3.05) is 25.2 Å².